The van der Waals surface area contributed by atoms with E-state index in [1.165, 1.54) is 5.56 Å². The van der Waals surface area contributed by atoms with Crippen molar-refractivity contribution in [1.29, 1.82) is 0 Å². The highest BCUT2D eigenvalue weighted by atomic mass is 16.5. The van der Waals surface area contributed by atoms with E-state index in [0.29, 0.717) is 0 Å². The van der Waals surface area contributed by atoms with Crippen molar-refractivity contribution in [1.82, 2.24) is 14.7 Å². The van der Waals surface area contributed by atoms with E-state index in [0.717, 1.165) is 37.8 Å². The minimum absolute atomic E-state index is 0.766. The van der Waals surface area contributed by atoms with Crippen molar-refractivity contribution >= 4 is 5.82 Å². The van der Waals surface area contributed by atoms with Crippen LogP contribution in [0, 0.1) is 6.92 Å². The van der Waals surface area contributed by atoms with Crippen molar-refractivity contribution in [3.63, 3.8) is 0 Å². The molecule has 1 aromatic heterocycles. The van der Waals surface area contributed by atoms with E-state index >= 15 is 0 Å². The van der Waals surface area contributed by atoms with Crippen LogP contribution in [-0.4, -0.2) is 48.5 Å². The molecule has 1 aromatic rings. The third-order valence-corrected chi connectivity index (χ3v) is 3.02. The van der Waals surface area contributed by atoms with E-state index in [1.807, 2.05) is 18.8 Å². The van der Waals surface area contributed by atoms with Gasteiger partial charge in [0.05, 0.1) is 12.3 Å². The summed E-state index contributed by atoms with van der Waals surface area (Å²) in [5.74, 6) is 1.10. The molecule has 0 saturated carbocycles. The van der Waals surface area contributed by atoms with Gasteiger partial charge in [-0.1, -0.05) is 6.92 Å². The lowest BCUT2D eigenvalue weighted by molar-refractivity contribution is 0.147. The van der Waals surface area contributed by atoms with Gasteiger partial charge in [-0.2, -0.15) is 5.10 Å². The number of anilines is 1. The zero-order valence-electron chi connectivity index (χ0n) is 11.6. The summed E-state index contributed by atoms with van der Waals surface area (Å²) >= 11 is 0. The maximum absolute atomic E-state index is 5.13. The molecule has 0 aromatic carbocycles. The number of hydrogen-bond donors (Lipinski definition) is 1. The van der Waals surface area contributed by atoms with E-state index in [-0.39, 0.29) is 0 Å². The monoisotopic (exact) mass is 240 g/mol. The highest BCUT2D eigenvalue weighted by Gasteiger charge is 2.14. The fourth-order valence-corrected chi connectivity index (χ4v) is 2.00. The summed E-state index contributed by atoms with van der Waals surface area (Å²) in [4.78, 5) is 2.36. The molecule has 17 heavy (non-hydrogen) atoms. The molecule has 0 atom stereocenters. The zero-order valence-corrected chi connectivity index (χ0v) is 11.6. The number of aryl methyl sites for hydroxylation is 2. The smallest absolute Gasteiger partial charge is 0.128 e. The molecule has 0 radical (unpaired) electrons. The predicted octanol–water partition coefficient (Wildman–Crippen LogP) is 1.24. The molecule has 0 saturated heterocycles. The standard InChI is InChI=1S/C12H24N4O/c1-6-16(7-8-17-5)9-11-10(2)14-15(4)12(11)13-3/h13H,6-9H2,1-5H3. The van der Waals surface area contributed by atoms with Crippen molar-refractivity contribution in [3.05, 3.63) is 11.3 Å². The van der Waals surface area contributed by atoms with Crippen LogP contribution >= 0.6 is 0 Å². The maximum atomic E-state index is 5.13. The van der Waals surface area contributed by atoms with Gasteiger partial charge >= 0.3 is 0 Å². The van der Waals surface area contributed by atoms with Crippen LogP contribution < -0.4 is 5.32 Å². The van der Waals surface area contributed by atoms with E-state index < -0.39 is 0 Å². The predicted molar refractivity (Wildman–Crippen MR) is 70.3 cm³/mol. The van der Waals surface area contributed by atoms with Gasteiger partial charge in [0.25, 0.3) is 0 Å². The fourth-order valence-electron chi connectivity index (χ4n) is 2.00. The van der Waals surface area contributed by atoms with Crippen LogP contribution in [0.2, 0.25) is 0 Å². The summed E-state index contributed by atoms with van der Waals surface area (Å²) < 4.78 is 7.02. The van der Waals surface area contributed by atoms with Crippen LogP contribution in [0.3, 0.4) is 0 Å². The Morgan fingerprint density at radius 3 is 2.71 bits per heavy atom. The normalized spacial score (nSPS) is 11.2. The molecule has 0 spiro atoms. The van der Waals surface area contributed by atoms with Crippen LogP contribution in [0.4, 0.5) is 5.82 Å². The lowest BCUT2D eigenvalue weighted by Crippen LogP contribution is -2.27. The maximum Gasteiger partial charge on any atom is 0.128 e. The molecule has 0 amide bonds. The first-order valence-corrected chi connectivity index (χ1v) is 6.05. The summed E-state index contributed by atoms with van der Waals surface area (Å²) in [5, 5.41) is 7.66. The van der Waals surface area contributed by atoms with Crippen molar-refractivity contribution in [2.24, 2.45) is 7.05 Å². The molecule has 0 aliphatic carbocycles. The lowest BCUT2D eigenvalue weighted by Gasteiger charge is -2.20. The molecule has 5 nitrogen and oxygen atoms in total. The first-order valence-electron chi connectivity index (χ1n) is 6.05. The summed E-state index contributed by atoms with van der Waals surface area (Å²) in [6.07, 6.45) is 0. The second kappa shape index (κ2) is 6.61. The molecule has 98 valence electrons. The van der Waals surface area contributed by atoms with Crippen LogP contribution in [0.25, 0.3) is 0 Å². The number of rotatable bonds is 7. The topological polar surface area (TPSA) is 42.3 Å². The second-order valence-corrected chi connectivity index (χ2v) is 4.15. The van der Waals surface area contributed by atoms with Gasteiger partial charge in [0.1, 0.15) is 5.82 Å². The SMILES string of the molecule is CCN(CCOC)Cc1c(C)nn(C)c1NC. The fraction of sp³-hybridized carbons (Fsp3) is 0.750. The minimum Gasteiger partial charge on any atom is -0.383 e. The zero-order chi connectivity index (χ0) is 12.8. The Balaban J connectivity index is 2.77. The molecule has 0 aliphatic heterocycles. The van der Waals surface area contributed by atoms with Crippen molar-refractivity contribution in [2.45, 2.75) is 20.4 Å². The number of aromatic nitrogens is 2. The molecular formula is C12H24N4O. The van der Waals surface area contributed by atoms with Crippen molar-refractivity contribution < 1.29 is 4.74 Å². The largest absolute Gasteiger partial charge is 0.383 e. The van der Waals surface area contributed by atoms with Gasteiger partial charge in [-0.25, -0.2) is 0 Å². The average Bonchev–Trinajstić information content (AvgIpc) is 2.58. The van der Waals surface area contributed by atoms with Crippen LogP contribution in [0.1, 0.15) is 18.2 Å². The molecular weight excluding hydrogens is 216 g/mol. The molecule has 0 aliphatic rings. The van der Waals surface area contributed by atoms with Crippen molar-refractivity contribution in [3.8, 4) is 0 Å². The summed E-state index contributed by atoms with van der Waals surface area (Å²) in [5.41, 5.74) is 2.36. The molecule has 1 rings (SSSR count). The minimum atomic E-state index is 0.766. The Kier molecular flexibility index (Phi) is 5.44. The van der Waals surface area contributed by atoms with E-state index in [2.05, 4.69) is 29.2 Å². The van der Waals surface area contributed by atoms with E-state index in [1.54, 1.807) is 7.11 Å². The van der Waals surface area contributed by atoms with Crippen LogP contribution in [0.15, 0.2) is 0 Å². The lowest BCUT2D eigenvalue weighted by atomic mass is 10.2. The van der Waals surface area contributed by atoms with Gasteiger partial charge in [-0.3, -0.25) is 9.58 Å². The quantitative estimate of drug-likeness (QED) is 0.778. The van der Waals surface area contributed by atoms with Gasteiger partial charge in [-0.05, 0) is 13.5 Å². The Bertz CT molecular complexity index is 349. The van der Waals surface area contributed by atoms with Crippen molar-refractivity contribution in [2.75, 3.05) is 39.2 Å². The second-order valence-electron chi connectivity index (χ2n) is 4.15. The number of methoxy groups -OCH3 is 1. The summed E-state index contributed by atoms with van der Waals surface area (Å²) in [6.45, 7) is 7.86. The van der Waals surface area contributed by atoms with Gasteiger partial charge in [0, 0.05) is 39.9 Å². The number of hydrogen-bond acceptors (Lipinski definition) is 4. The molecule has 1 N–H and O–H groups in total. The molecule has 5 heteroatoms. The summed E-state index contributed by atoms with van der Waals surface area (Å²) in [7, 11) is 5.64. The van der Waals surface area contributed by atoms with E-state index in [9.17, 15) is 0 Å². The van der Waals surface area contributed by atoms with E-state index in [4.69, 9.17) is 4.74 Å². The number of likely N-dealkylation sites (N-methyl/N-ethyl adjacent to an activating group) is 1. The number of nitrogens with one attached hydrogen (secondary N) is 1. The average molecular weight is 240 g/mol. The Hall–Kier alpha value is -1.07. The first-order chi connectivity index (χ1) is 8.13. The van der Waals surface area contributed by atoms with Gasteiger partial charge < -0.3 is 10.1 Å². The Labute approximate surface area is 104 Å². The number of nitrogens with zero attached hydrogens (tertiary/aromatic N) is 3. The third kappa shape index (κ3) is 3.44. The molecule has 0 unspecified atom stereocenters. The van der Waals surface area contributed by atoms with Crippen LogP contribution in [0.5, 0.6) is 0 Å². The third-order valence-electron chi connectivity index (χ3n) is 3.02. The number of ether oxygens (including phenoxy) is 1. The highest BCUT2D eigenvalue weighted by molar-refractivity contribution is 5.46. The van der Waals surface area contributed by atoms with Crippen LogP contribution in [-0.2, 0) is 18.3 Å². The Morgan fingerprint density at radius 1 is 1.47 bits per heavy atom. The van der Waals surface area contributed by atoms with Gasteiger partial charge in [0.15, 0.2) is 0 Å². The molecule has 1 heterocycles. The van der Waals surface area contributed by atoms with Gasteiger partial charge in [-0.15, -0.1) is 0 Å². The first kappa shape index (κ1) is 14.0. The highest BCUT2D eigenvalue weighted by Crippen LogP contribution is 2.19. The summed E-state index contributed by atoms with van der Waals surface area (Å²) in [6, 6.07) is 0. The van der Waals surface area contributed by atoms with Gasteiger partial charge in [0.2, 0.25) is 0 Å². The Morgan fingerprint density at radius 2 is 2.18 bits per heavy atom. The molecule has 0 bridgehead atoms. The molecule has 0 fully saturated rings.